The quantitative estimate of drug-likeness (QED) is 0.237. The smallest absolute Gasteiger partial charge is 0.337 e. The second kappa shape index (κ2) is 13.4. The number of methoxy groups -OCH3 is 2. The van der Waals surface area contributed by atoms with Gasteiger partial charge < -0.3 is 29.7 Å². The number of nitrogens with zero attached hydrogens (tertiary/aromatic N) is 1. The first-order valence-electron chi connectivity index (χ1n) is 12.6. The number of amides is 3. The zero-order valence-corrected chi connectivity index (χ0v) is 23.5. The number of halogens is 2. The van der Waals surface area contributed by atoms with Gasteiger partial charge >= 0.3 is 12.0 Å². The van der Waals surface area contributed by atoms with Crippen LogP contribution in [0.15, 0.2) is 66.7 Å². The first kappa shape index (κ1) is 29.0. The third kappa shape index (κ3) is 7.16. The average molecular weight is 586 g/mol. The molecular weight excluding hydrogens is 557 g/mol. The summed E-state index contributed by atoms with van der Waals surface area (Å²) in [5, 5.41) is 5.85. The number of likely N-dealkylation sites (tertiary alicyclic amines) is 1. The van der Waals surface area contributed by atoms with Crippen LogP contribution in [0, 0.1) is 0 Å². The summed E-state index contributed by atoms with van der Waals surface area (Å²) in [4.78, 5) is 39.1. The summed E-state index contributed by atoms with van der Waals surface area (Å²) in [5.41, 5.74) is 1.26. The number of ether oxygens (including phenoxy) is 3. The summed E-state index contributed by atoms with van der Waals surface area (Å²) in [6.07, 6.45) is 1.63. The molecule has 1 saturated heterocycles. The predicted molar refractivity (Wildman–Crippen MR) is 154 cm³/mol. The minimum Gasteiger partial charge on any atom is -0.495 e. The van der Waals surface area contributed by atoms with Gasteiger partial charge in [-0.25, -0.2) is 9.59 Å². The van der Waals surface area contributed by atoms with E-state index in [-0.39, 0.29) is 18.4 Å². The summed E-state index contributed by atoms with van der Waals surface area (Å²) in [5.74, 6) is 0.351. The van der Waals surface area contributed by atoms with E-state index in [1.807, 2.05) is 0 Å². The van der Waals surface area contributed by atoms with E-state index in [0.717, 1.165) is 12.0 Å². The number of carbonyl (C=O) groups is 3. The van der Waals surface area contributed by atoms with Crippen LogP contribution in [-0.4, -0.2) is 55.2 Å². The molecule has 2 atom stereocenters. The molecule has 1 aliphatic rings. The molecular formula is C29H29Cl2N3O6. The summed E-state index contributed by atoms with van der Waals surface area (Å²) in [6.45, 7) is 0.566. The maximum absolute atomic E-state index is 13.3. The Morgan fingerprint density at radius 2 is 1.73 bits per heavy atom. The molecule has 0 bridgehead atoms. The first-order chi connectivity index (χ1) is 19.3. The molecule has 40 heavy (non-hydrogen) atoms. The highest BCUT2D eigenvalue weighted by atomic mass is 35.5. The number of nitrogens with one attached hydrogen (secondary N) is 2. The molecule has 3 amide bonds. The lowest BCUT2D eigenvalue weighted by molar-refractivity contribution is -0.132. The zero-order valence-electron chi connectivity index (χ0n) is 22.0. The van der Waals surface area contributed by atoms with Crippen molar-refractivity contribution < 1.29 is 28.6 Å². The number of hydrogen-bond acceptors (Lipinski definition) is 6. The van der Waals surface area contributed by atoms with E-state index in [9.17, 15) is 14.4 Å². The van der Waals surface area contributed by atoms with Crippen molar-refractivity contribution >= 4 is 52.5 Å². The third-order valence-corrected chi connectivity index (χ3v) is 7.15. The lowest BCUT2D eigenvalue weighted by Crippen LogP contribution is -2.43. The van der Waals surface area contributed by atoms with Crippen LogP contribution in [0.4, 0.5) is 16.2 Å². The minimum atomic E-state index is -0.770. The van der Waals surface area contributed by atoms with E-state index in [1.165, 1.54) is 14.2 Å². The summed E-state index contributed by atoms with van der Waals surface area (Å²) in [7, 11) is 2.80. The lowest BCUT2D eigenvalue weighted by atomic mass is 10.1. The van der Waals surface area contributed by atoms with Crippen LogP contribution in [0.1, 0.15) is 28.8 Å². The van der Waals surface area contributed by atoms with Crippen LogP contribution in [0.3, 0.4) is 0 Å². The molecule has 4 rings (SSSR count). The molecule has 1 heterocycles. The Morgan fingerprint density at radius 3 is 2.42 bits per heavy atom. The van der Waals surface area contributed by atoms with Gasteiger partial charge in [0.2, 0.25) is 5.91 Å². The van der Waals surface area contributed by atoms with E-state index in [4.69, 9.17) is 37.4 Å². The van der Waals surface area contributed by atoms with Gasteiger partial charge in [0, 0.05) is 6.54 Å². The van der Waals surface area contributed by atoms with Gasteiger partial charge in [0.1, 0.15) is 11.5 Å². The number of anilines is 2. The molecule has 11 heteroatoms. The lowest BCUT2D eigenvalue weighted by Gasteiger charge is -2.28. The predicted octanol–water partition coefficient (Wildman–Crippen LogP) is 5.96. The van der Waals surface area contributed by atoms with E-state index in [1.54, 1.807) is 71.6 Å². The second-order valence-electron chi connectivity index (χ2n) is 9.05. The molecule has 210 valence electrons. The topological polar surface area (TPSA) is 106 Å². The van der Waals surface area contributed by atoms with Crippen molar-refractivity contribution in [2.24, 2.45) is 0 Å². The van der Waals surface area contributed by atoms with Gasteiger partial charge in [0.25, 0.3) is 0 Å². The van der Waals surface area contributed by atoms with Crippen molar-refractivity contribution in [2.75, 3.05) is 31.4 Å². The van der Waals surface area contributed by atoms with E-state index in [2.05, 4.69) is 10.6 Å². The Bertz CT molecular complexity index is 1370. The van der Waals surface area contributed by atoms with Gasteiger partial charge in [-0.3, -0.25) is 4.79 Å². The molecule has 9 nitrogen and oxygen atoms in total. The average Bonchev–Trinajstić information content (AvgIpc) is 3.46. The number of para-hydroxylation sites is 1. The van der Waals surface area contributed by atoms with Gasteiger partial charge in [0.05, 0.1) is 48.6 Å². The highest BCUT2D eigenvalue weighted by Crippen LogP contribution is 2.30. The fourth-order valence-corrected chi connectivity index (χ4v) is 4.98. The van der Waals surface area contributed by atoms with Crippen molar-refractivity contribution in [3.63, 3.8) is 0 Å². The van der Waals surface area contributed by atoms with Gasteiger partial charge in [-0.1, -0.05) is 41.4 Å². The van der Waals surface area contributed by atoms with Crippen LogP contribution < -0.4 is 20.1 Å². The number of esters is 1. The first-order valence-corrected chi connectivity index (χ1v) is 13.4. The maximum Gasteiger partial charge on any atom is 0.337 e. The van der Waals surface area contributed by atoms with Crippen molar-refractivity contribution in [3.8, 4) is 11.5 Å². The molecule has 0 aromatic heterocycles. The number of carbonyl (C=O) groups excluding carboxylic acids is 3. The van der Waals surface area contributed by atoms with Gasteiger partial charge in [0.15, 0.2) is 5.56 Å². The molecule has 0 aliphatic carbocycles. The van der Waals surface area contributed by atoms with Crippen molar-refractivity contribution in [3.05, 3.63) is 82.9 Å². The van der Waals surface area contributed by atoms with Crippen LogP contribution >= 0.6 is 23.2 Å². The molecule has 3 aromatic rings. The highest BCUT2D eigenvalue weighted by Gasteiger charge is 2.35. The van der Waals surface area contributed by atoms with E-state index < -0.39 is 17.6 Å². The SMILES string of the molecule is COC(=O)c1ccc(OC(Cl)C2CCCN2C(=O)Cc2ccc(NC(=O)Nc3ccccc3Cl)c(OC)c2)cc1. The number of rotatable bonds is 9. The fourth-order valence-electron chi connectivity index (χ4n) is 4.43. The highest BCUT2D eigenvalue weighted by molar-refractivity contribution is 6.33. The van der Waals surface area contributed by atoms with E-state index in [0.29, 0.717) is 46.4 Å². The Hall–Kier alpha value is -3.95. The standard InChI is InChI=1S/C29H29Cl2N3O6/c1-38-25-16-18(9-14-23(25)33-29(37)32-22-7-4-3-6-21(22)30)17-26(35)34-15-5-8-24(34)27(31)40-20-12-10-19(11-13-20)28(36)39-2/h3-4,6-7,9-14,16,24,27H,5,8,15,17H2,1-2H3,(H2,32,33,37). The van der Waals surface area contributed by atoms with E-state index >= 15 is 0 Å². The maximum atomic E-state index is 13.3. The molecule has 0 saturated carbocycles. The Balaban J connectivity index is 1.37. The van der Waals surface area contributed by atoms with Gasteiger partial charge in [-0.05, 0) is 66.9 Å². The zero-order chi connectivity index (χ0) is 28.6. The Kier molecular flexibility index (Phi) is 9.74. The number of hydrogen-bond donors (Lipinski definition) is 2. The number of alkyl halides is 1. The largest absolute Gasteiger partial charge is 0.495 e. The third-order valence-electron chi connectivity index (χ3n) is 6.44. The molecule has 1 fully saturated rings. The van der Waals surface area contributed by atoms with Crippen molar-refractivity contribution in [1.29, 1.82) is 0 Å². The second-order valence-corrected chi connectivity index (χ2v) is 9.89. The van der Waals surface area contributed by atoms with Gasteiger partial charge in [-0.15, -0.1) is 0 Å². The van der Waals surface area contributed by atoms with Crippen molar-refractivity contribution in [1.82, 2.24) is 4.90 Å². The van der Waals surface area contributed by atoms with Crippen molar-refractivity contribution in [2.45, 2.75) is 30.9 Å². The molecule has 0 radical (unpaired) electrons. The monoisotopic (exact) mass is 585 g/mol. The van der Waals surface area contributed by atoms with Crippen LogP contribution in [-0.2, 0) is 16.0 Å². The summed E-state index contributed by atoms with van der Waals surface area (Å²) in [6, 6.07) is 17.7. The number of urea groups is 1. The molecule has 2 unspecified atom stereocenters. The normalized spacial score (nSPS) is 15.2. The summed E-state index contributed by atoms with van der Waals surface area (Å²) < 4.78 is 16.0. The van der Waals surface area contributed by atoms with Gasteiger partial charge in [-0.2, -0.15) is 0 Å². The molecule has 0 spiro atoms. The fraction of sp³-hybridized carbons (Fsp3) is 0.276. The van der Waals surface area contributed by atoms with Crippen LogP contribution in [0.2, 0.25) is 5.02 Å². The Labute approximate surface area is 242 Å². The van der Waals surface area contributed by atoms with Crippen LogP contribution in [0.5, 0.6) is 11.5 Å². The minimum absolute atomic E-state index is 0.1000. The number of benzene rings is 3. The molecule has 3 aromatic carbocycles. The molecule has 1 aliphatic heterocycles. The molecule has 2 N–H and O–H groups in total. The Morgan fingerprint density at radius 1 is 1.00 bits per heavy atom. The summed E-state index contributed by atoms with van der Waals surface area (Å²) >= 11 is 12.7. The van der Waals surface area contributed by atoms with Crippen LogP contribution in [0.25, 0.3) is 0 Å².